The summed E-state index contributed by atoms with van der Waals surface area (Å²) in [7, 11) is -3.49. The molecular weight excluding hydrogens is 364 g/mol. The van der Waals surface area contributed by atoms with E-state index in [2.05, 4.69) is 15.0 Å². The molecular formula is C19H22N4O3S. The Morgan fingerprint density at radius 2 is 1.78 bits per heavy atom. The van der Waals surface area contributed by atoms with E-state index in [-0.39, 0.29) is 10.8 Å². The van der Waals surface area contributed by atoms with Crippen LogP contribution >= 0.6 is 0 Å². The third-order valence-electron chi connectivity index (χ3n) is 4.23. The van der Waals surface area contributed by atoms with E-state index in [1.54, 1.807) is 36.4 Å². The van der Waals surface area contributed by atoms with Crippen LogP contribution in [-0.2, 0) is 14.8 Å². The summed E-state index contributed by atoms with van der Waals surface area (Å²) >= 11 is 0. The van der Waals surface area contributed by atoms with E-state index in [4.69, 9.17) is 5.73 Å². The van der Waals surface area contributed by atoms with Gasteiger partial charge >= 0.3 is 0 Å². The van der Waals surface area contributed by atoms with E-state index in [1.807, 2.05) is 12.1 Å². The summed E-state index contributed by atoms with van der Waals surface area (Å²) in [4.78, 5) is 16.6. The second-order valence-corrected chi connectivity index (χ2v) is 7.93. The predicted molar refractivity (Wildman–Crippen MR) is 106 cm³/mol. The van der Waals surface area contributed by atoms with Crippen LogP contribution in [0.2, 0.25) is 0 Å². The molecule has 4 N–H and O–H groups in total. The summed E-state index contributed by atoms with van der Waals surface area (Å²) in [5, 5.41) is 2.80. The van der Waals surface area contributed by atoms with Gasteiger partial charge in [0.15, 0.2) is 0 Å². The third-order valence-corrected chi connectivity index (χ3v) is 5.63. The summed E-state index contributed by atoms with van der Waals surface area (Å²) < 4.78 is 26.5. The average molecular weight is 386 g/mol. The lowest BCUT2D eigenvalue weighted by Gasteiger charge is -2.07. The highest BCUT2D eigenvalue weighted by Gasteiger charge is 2.29. The molecule has 2 aromatic rings. The van der Waals surface area contributed by atoms with Crippen molar-refractivity contribution in [3.63, 3.8) is 0 Å². The van der Waals surface area contributed by atoms with Gasteiger partial charge in [0, 0.05) is 18.5 Å². The first-order valence-electron chi connectivity index (χ1n) is 8.78. The number of hydrogen-bond donors (Lipinski definition) is 3. The first-order valence-corrected chi connectivity index (χ1v) is 10.3. The molecule has 0 aliphatic carbocycles. The van der Waals surface area contributed by atoms with Crippen molar-refractivity contribution >= 4 is 33.1 Å². The Bertz CT molecular complexity index is 970. The molecule has 0 saturated carbocycles. The minimum absolute atomic E-state index is 0.0725. The number of para-hydroxylation sites is 2. The van der Waals surface area contributed by atoms with Crippen LogP contribution in [0.25, 0.3) is 0 Å². The van der Waals surface area contributed by atoms with Crippen molar-refractivity contribution in [2.45, 2.75) is 30.6 Å². The number of benzene rings is 2. The zero-order valence-electron chi connectivity index (χ0n) is 14.8. The van der Waals surface area contributed by atoms with Gasteiger partial charge in [0.25, 0.3) is 10.0 Å². The van der Waals surface area contributed by atoms with Crippen molar-refractivity contribution in [3.8, 4) is 0 Å². The monoisotopic (exact) mass is 386 g/mol. The van der Waals surface area contributed by atoms with Gasteiger partial charge in [0.2, 0.25) is 5.91 Å². The number of rotatable bonds is 7. The number of aliphatic imine (C=N–C) groups is 1. The molecule has 1 amide bonds. The number of amides is 1. The summed E-state index contributed by atoms with van der Waals surface area (Å²) in [6.45, 7) is 0.499. The van der Waals surface area contributed by atoms with Gasteiger partial charge in [-0.3, -0.25) is 14.5 Å². The maximum Gasteiger partial charge on any atom is 0.263 e. The number of carbonyl (C=O) groups excluding carboxylic acids is 1. The van der Waals surface area contributed by atoms with E-state index in [0.717, 1.165) is 19.3 Å². The van der Waals surface area contributed by atoms with Gasteiger partial charge in [-0.05, 0) is 37.1 Å². The van der Waals surface area contributed by atoms with Crippen molar-refractivity contribution in [1.82, 2.24) is 4.72 Å². The molecule has 1 heterocycles. The lowest BCUT2D eigenvalue weighted by Crippen LogP contribution is -2.22. The van der Waals surface area contributed by atoms with Crippen molar-refractivity contribution < 1.29 is 13.2 Å². The molecule has 2 aromatic carbocycles. The normalized spacial score (nSPS) is 15.9. The zero-order chi connectivity index (χ0) is 19.3. The highest BCUT2D eigenvalue weighted by Crippen LogP contribution is 2.22. The number of carbonyl (C=O) groups is 1. The molecule has 8 heteroatoms. The number of nitrogen functional groups attached to an aromatic ring is 1. The molecule has 3 rings (SSSR count). The van der Waals surface area contributed by atoms with Crippen molar-refractivity contribution in [2.75, 3.05) is 17.6 Å². The Balaban J connectivity index is 1.42. The van der Waals surface area contributed by atoms with E-state index in [9.17, 15) is 13.2 Å². The van der Waals surface area contributed by atoms with Crippen LogP contribution < -0.4 is 15.8 Å². The van der Waals surface area contributed by atoms with Crippen LogP contribution in [0.3, 0.4) is 0 Å². The van der Waals surface area contributed by atoms with Crippen molar-refractivity contribution in [3.05, 3.63) is 54.1 Å². The Morgan fingerprint density at radius 1 is 1.04 bits per heavy atom. The van der Waals surface area contributed by atoms with Gasteiger partial charge < -0.3 is 11.1 Å². The number of hydrogen-bond acceptors (Lipinski definition) is 5. The Morgan fingerprint density at radius 3 is 2.59 bits per heavy atom. The number of nitrogens with one attached hydrogen (secondary N) is 2. The highest BCUT2D eigenvalue weighted by molar-refractivity contribution is 7.90. The largest absolute Gasteiger partial charge is 0.397 e. The maximum absolute atomic E-state index is 12.0. The smallest absolute Gasteiger partial charge is 0.263 e. The van der Waals surface area contributed by atoms with Gasteiger partial charge in [-0.1, -0.05) is 30.7 Å². The molecule has 142 valence electrons. The number of nitrogens with two attached hydrogens (primary N) is 1. The molecule has 27 heavy (non-hydrogen) atoms. The Labute approximate surface area is 158 Å². The Hall–Kier alpha value is -2.87. The molecule has 0 fully saturated rings. The Kier molecular flexibility index (Phi) is 5.75. The molecule has 0 aromatic heterocycles. The van der Waals surface area contributed by atoms with Crippen LogP contribution in [0.4, 0.5) is 11.4 Å². The maximum atomic E-state index is 12.0. The molecule has 0 radical (unpaired) electrons. The van der Waals surface area contributed by atoms with Gasteiger partial charge in [0.1, 0.15) is 5.84 Å². The number of amidine groups is 1. The van der Waals surface area contributed by atoms with Gasteiger partial charge in [-0.2, -0.15) is 0 Å². The minimum atomic E-state index is -3.49. The summed E-state index contributed by atoms with van der Waals surface area (Å²) in [5.41, 5.74) is 7.58. The number of sulfonamides is 1. The van der Waals surface area contributed by atoms with Crippen LogP contribution in [0.1, 0.15) is 31.2 Å². The van der Waals surface area contributed by atoms with Gasteiger partial charge in [0.05, 0.1) is 16.3 Å². The van der Waals surface area contributed by atoms with Crippen LogP contribution in [0.15, 0.2) is 58.4 Å². The van der Waals surface area contributed by atoms with Crippen LogP contribution in [0.5, 0.6) is 0 Å². The fourth-order valence-electron chi connectivity index (χ4n) is 2.84. The molecule has 0 saturated heterocycles. The number of nitrogens with zero attached hydrogens (tertiary/aromatic N) is 1. The second kappa shape index (κ2) is 8.22. The molecule has 0 bridgehead atoms. The number of unbranched alkanes of at least 4 members (excludes halogenated alkanes) is 2. The van der Waals surface area contributed by atoms with Crippen molar-refractivity contribution in [1.29, 1.82) is 0 Å². The third kappa shape index (κ3) is 4.65. The van der Waals surface area contributed by atoms with E-state index >= 15 is 0 Å². The standard InChI is InChI=1S/C19H22N4O3S/c20-15-9-4-5-10-16(15)22-18(24)12-2-1-7-13-21-19-14-8-3-6-11-17(14)27(25,26)23-19/h3-6,8-11H,1-2,7,12-13,20H2,(H,21,23)(H,22,24). The van der Waals surface area contributed by atoms with E-state index in [1.165, 1.54) is 0 Å². The SMILES string of the molecule is Nc1ccccc1NC(=O)CCCCCN=C1NS(=O)(=O)c2ccccc21. The number of fused-ring (bicyclic) bond motifs is 1. The van der Waals surface area contributed by atoms with E-state index < -0.39 is 10.0 Å². The van der Waals surface area contributed by atoms with Gasteiger partial charge in [-0.25, -0.2) is 8.42 Å². The first kappa shape index (κ1) is 18.9. The predicted octanol–water partition coefficient (Wildman–Crippen LogP) is 2.51. The summed E-state index contributed by atoms with van der Waals surface area (Å²) in [6, 6.07) is 13.9. The first-order chi connectivity index (χ1) is 13.0. The molecule has 7 nitrogen and oxygen atoms in total. The quantitative estimate of drug-likeness (QED) is 0.501. The van der Waals surface area contributed by atoms with E-state index in [0.29, 0.717) is 35.7 Å². The summed E-state index contributed by atoms with van der Waals surface area (Å²) in [5.74, 6) is 0.319. The lowest BCUT2D eigenvalue weighted by molar-refractivity contribution is -0.116. The topological polar surface area (TPSA) is 114 Å². The molecule has 1 aliphatic heterocycles. The average Bonchev–Trinajstić information content (AvgIpc) is 2.91. The number of anilines is 2. The fraction of sp³-hybridized carbons (Fsp3) is 0.263. The van der Waals surface area contributed by atoms with Gasteiger partial charge in [-0.15, -0.1) is 0 Å². The zero-order valence-corrected chi connectivity index (χ0v) is 15.6. The highest BCUT2D eigenvalue weighted by atomic mass is 32.2. The lowest BCUT2D eigenvalue weighted by atomic mass is 10.1. The van der Waals surface area contributed by atoms with Crippen LogP contribution in [-0.4, -0.2) is 26.7 Å². The minimum Gasteiger partial charge on any atom is -0.397 e. The summed E-state index contributed by atoms with van der Waals surface area (Å²) in [6.07, 6.45) is 2.73. The van der Waals surface area contributed by atoms with Crippen molar-refractivity contribution in [2.24, 2.45) is 4.99 Å². The fourth-order valence-corrected chi connectivity index (χ4v) is 4.09. The molecule has 1 aliphatic rings. The second-order valence-electron chi connectivity index (χ2n) is 6.28. The molecule has 0 spiro atoms. The molecule has 0 unspecified atom stereocenters. The van der Waals surface area contributed by atoms with Crippen LogP contribution in [0, 0.1) is 0 Å². The molecule has 0 atom stereocenters.